The van der Waals surface area contributed by atoms with E-state index in [0.29, 0.717) is 6.42 Å². The molecule has 0 spiro atoms. The van der Waals surface area contributed by atoms with Crippen molar-refractivity contribution in [2.75, 3.05) is 18.1 Å². The zero-order valence-electron chi connectivity index (χ0n) is 10.7. The Morgan fingerprint density at radius 3 is 2.53 bits per heavy atom. The van der Waals surface area contributed by atoms with Crippen LogP contribution < -0.4 is 10.6 Å². The van der Waals surface area contributed by atoms with Gasteiger partial charge in [0.2, 0.25) is 5.91 Å². The van der Waals surface area contributed by atoms with Gasteiger partial charge in [0.25, 0.3) is 0 Å². The van der Waals surface area contributed by atoms with E-state index in [0.717, 1.165) is 6.42 Å². The van der Waals surface area contributed by atoms with Gasteiger partial charge in [-0.3, -0.25) is 4.79 Å². The minimum absolute atomic E-state index is 0.0838. The number of hydrogen-bond acceptors (Lipinski definition) is 4. The van der Waals surface area contributed by atoms with Crippen LogP contribution in [0.25, 0.3) is 0 Å². The molecule has 0 aromatic heterocycles. The highest BCUT2D eigenvalue weighted by molar-refractivity contribution is 7.91. The molecule has 1 saturated heterocycles. The molecule has 0 saturated carbocycles. The highest BCUT2D eigenvalue weighted by Crippen LogP contribution is 2.11. The summed E-state index contributed by atoms with van der Waals surface area (Å²) in [6.45, 7) is 5.92. The van der Waals surface area contributed by atoms with Crippen LogP contribution in [0.1, 0.15) is 33.6 Å². The van der Waals surface area contributed by atoms with E-state index in [2.05, 4.69) is 10.6 Å². The van der Waals surface area contributed by atoms with Crippen molar-refractivity contribution < 1.29 is 13.2 Å². The molecule has 1 fully saturated rings. The highest BCUT2D eigenvalue weighted by atomic mass is 32.2. The van der Waals surface area contributed by atoms with Crippen molar-refractivity contribution in [3.8, 4) is 0 Å². The molecule has 1 amide bonds. The molecule has 5 nitrogen and oxygen atoms in total. The van der Waals surface area contributed by atoms with Crippen molar-refractivity contribution in [1.82, 2.24) is 10.6 Å². The maximum Gasteiger partial charge on any atom is 0.234 e. The lowest BCUT2D eigenvalue weighted by molar-refractivity contribution is -0.121. The Balaban J connectivity index is 2.34. The molecular formula is C11H22N2O3S. The average molecular weight is 262 g/mol. The van der Waals surface area contributed by atoms with E-state index < -0.39 is 9.84 Å². The second kappa shape index (κ2) is 5.35. The molecule has 100 valence electrons. The van der Waals surface area contributed by atoms with Crippen LogP contribution in [-0.2, 0) is 14.6 Å². The monoisotopic (exact) mass is 262 g/mol. The van der Waals surface area contributed by atoms with Crippen molar-refractivity contribution in [2.45, 2.75) is 45.2 Å². The van der Waals surface area contributed by atoms with E-state index in [1.165, 1.54) is 0 Å². The third-order valence-electron chi connectivity index (χ3n) is 2.53. The van der Waals surface area contributed by atoms with Gasteiger partial charge in [-0.25, -0.2) is 8.42 Å². The maximum absolute atomic E-state index is 11.5. The Morgan fingerprint density at radius 2 is 2.00 bits per heavy atom. The van der Waals surface area contributed by atoms with Crippen molar-refractivity contribution >= 4 is 15.7 Å². The molecule has 0 bridgehead atoms. The van der Waals surface area contributed by atoms with E-state index in [1.54, 1.807) is 0 Å². The first kappa shape index (κ1) is 14.4. The quantitative estimate of drug-likeness (QED) is 0.754. The largest absolute Gasteiger partial charge is 0.350 e. The third-order valence-corrected chi connectivity index (χ3v) is 4.35. The van der Waals surface area contributed by atoms with Gasteiger partial charge < -0.3 is 10.6 Å². The maximum atomic E-state index is 11.5. The van der Waals surface area contributed by atoms with Crippen LogP contribution in [0.2, 0.25) is 0 Å². The van der Waals surface area contributed by atoms with Gasteiger partial charge in [-0.05, 0) is 33.6 Å². The van der Waals surface area contributed by atoms with Gasteiger partial charge in [-0.2, -0.15) is 0 Å². The second-order valence-electron chi connectivity index (χ2n) is 5.63. The number of rotatable bonds is 3. The molecule has 0 radical (unpaired) electrons. The molecule has 1 aliphatic rings. The number of nitrogens with one attached hydrogen (secondary N) is 2. The fourth-order valence-electron chi connectivity index (χ4n) is 1.88. The summed E-state index contributed by atoms with van der Waals surface area (Å²) in [7, 11) is -2.91. The summed E-state index contributed by atoms with van der Waals surface area (Å²) in [5.74, 6) is 0.329. The van der Waals surface area contributed by atoms with Crippen molar-refractivity contribution in [3.63, 3.8) is 0 Å². The van der Waals surface area contributed by atoms with Crippen LogP contribution in [-0.4, -0.2) is 44.0 Å². The van der Waals surface area contributed by atoms with Crippen LogP contribution in [0.4, 0.5) is 0 Å². The molecule has 1 heterocycles. The zero-order valence-corrected chi connectivity index (χ0v) is 11.6. The van der Waals surface area contributed by atoms with E-state index in [-0.39, 0.29) is 35.5 Å². The molecule has 0 aliphatic carbocycles. The van der Waals surface area contributed by atoms with Crippen LogP contribution in [0.15, 0.2) is 0 Å². The Labute approximate surface area is 103 Å². The summed E-state index contributed by atoms with van der Waals surface area (Å²) in [5, 5.41) is 5.84. The Morgan fingerprint density at radius 1 is 1.35 bits per heavy atom. The normalized spacial score (nSPS) is 24.3. The summed E-state index contributed by atoms with van der Waals surface area (Å²) < 4.78 is 22.8. The molecular weight excluding hydrogens is 240 g/mol. The highest BCUT2D eigenvalue weighted by Gasteiger charge is 2.25. The summed E-state index contributed by atoms with van der Waals surface area (Å²) in [6, 6.07) is -0.0838. The standard InChI is InChI=1S/C11H22N2O3S/c1-11(2,3)13-10(14)7-12-9-5-4-6-17(15,16)8-9/h9,12H,4-8H2,1-3H3,(H,13,14). The van der Waals surface area contributed by atoms with E-state index in [9.17, 15) is 13.2 Å². The van der Waals surface area contributed by atoms with E-state index in [1.807, 2.05) is 20.8 Å². The molecule has 1 aliphatic heterocycles. The van der Waals surface area contributed by atoms with E-state index >= 15 is 0 Å². The van der Waals surface area contributed by atoms with Crippen molar-refractivity contribution in [1.29, 1.82) is 0 Å². The fourth-order valence-corrected chi connectivity index (χ4v) is 3.55. The van der Waals surface area contributed by atoms with Crippen LogP contribution in [0, 0.1) is 0 Å². The molecule has 1 unspecified atom stereocenters. The average Bonchev–Trinajstić information content (AvgIpc) is 2.10. The Bertz CT molecular complexity index is 371. The first-order valence-corrected chi connectivity index (χ1v) is 7.75. The third kappa shape index (κ3) is 6.02. The Kier molecular flexibility index (Phi) is 4.55. The van der Waals surface area contributed by atoms with Crippen molar-refractivity contribution in [3.05, 3.63) is 0 Å². The van der Waals surface area contributed by atoms with Crippen LogP contribution in [0.5, 0.6) is 0 Å². The van der Waals surface area contributed by atoms with Gasteiger partial charge in [-0.15, -0.1) is 0 Å². The molecule has 1 rings (SSSR count). The lowest BCUT2D eigenvalue weighted by Crippen LogP contribution is -2.48. The molecule has 17 heavy (non-hydrogen) atoms. The molecule has 6 heteroatoms. The smallest absolute Gasteiger partial charge is 0.234 e. The molecule has 2 N–H and O–H groups in total. The van der Waals surface area contributed by atoms with Gasteiger partial charge in [0, 0.05) is 11.6 Å². The van der Waals surface area contributed by atoms with Gasteiger partial charge in [0.05, 0.1) is 18.1 Å². The van der Waals surface area contributed by atoms with Crippen molar-refractivity contribution in [2.24, 2.45) is 0 Å². The lowest BCUT2D eigenvalue weighted by Gasteiger charge is -2.25. The molecule has 0 aromatic carbocycles. The minimum Gasteiger partial charge on any atom is -0.350 e. The number of sulfone groups is 1. The Hall–Kier alpha value is -0.620. The topological polar surface area (TPSA) is 75.3 Å². The van der Waals surface area contributed by atoms with Crippen LogP contribution >= 0.6 is 0 Å². The first-order chi connectivity index (χ1) is 7.68. The summed E-state index contributed by atoms with van der Waals surface area (Å²) in [6.07, 6.45) is 1.50. The van der Waals surface area contributed by atoms with Gasteiger partial charge in [0.15, 0.2) is 9.84 Å². The lowest BCUT2D eigenvalue weighted by atomic mass is 10.1. The van der Waals surface area contributed by atoms with Gasteiger partial charge in [-0.1, -0.05) is 0 Å². The predicted octanol–water partition coefficient (Wildman–Crippen LogP) is 0.0679. The molecule has 1 atom stereocenters. The number of carbonyl (C=O) groups is 1. The summed E-state index contributed by atoms with van der Waals surface area (Å²) in [4.78, 5) is 11.5. The zero-order chi connectivity index (χ0) is 13.1. The van der Waals surface area contributed by atoms with Crippen LogP contribution in [0.3, 0.4) is 0 Å². The van der Waals surface area contributed by atoms with Gasteiger partial charge >= 0.3 is 0 Å². The van der Waals surface area contributed by atoms with Gasteiger partial charge in [0.1, 0.15) is 0 Å². The number of carbonyl (C=O) groups excluding carboxylic acids is 1. The SMILES string of the molecule is CC(C)(C)NC(=O)CNC1CCCS(=O)(=O)C1. The van der Waals surface area contributed by atoms with E-state index in [4.69, 9.17) is 0 Å². The fraction of sp³-hybridized carbons (Fsp3) is 0.909. The number of amides is 1. The first-order valence-electron chi connectivity index (χ1n) is 5.93. The minimum atomic E-state index is -2.91. The summed E-state index contributed by atoms with van der Waals surface area (Å²) in [5.41, 5.74) is -0.253. The second-order valence-corrected chi connectivity index (χ2v) is 7.86. The predicted molar refractivity (Wildman–Crippen MR) is 67.6 cm³/mol. The molecule has 0 aromatic rings. The number of hydrogen-bond donors (Lipinski definition) is 2. The summed E-state index contributed by atoms with van der Waals surface area (Å²) >= 11 is 0.